The Morgan fingerprint density at radius 1 is 1.47 bits per heavy atom. The van der Waals surface area contributed by atoms with E-state index in [-0.39, 0.29) is 17.0 Å². The van der Waals surface area contributed by atoms with Crippen LogP contribution in [-0.2, 0) is 9.84 Å². The van der Waals surface area contributed by atoms with Crippen LogP contribution >= 0.6 is 11.3 Å². The minimum Gasteiger partial charge on any atom is -0.293 e. The molecule has 1 aromatic rings. The Kier molecular flexibility index (Phi) is 3.63. The molecule has 17 heavy (non-hydrogen) atoms. The van der Waals surface area contributed by atoms with Gasteiger partial charge in [0.2, 0.25) is 0 Å². The third-order valence-electron chi connectivity index (χ3n) is 3.28. The van der Waals surface area contributed by atoms with Gasteiger partial charge in [-0.05, 0) is 19.3 Å². The Balaban J connectivity index is 2.10. The van der Waals surface area contributed by atoms with E-state index in [9.17, 15) is 13.2 Å². The van der Waals surface area contributed by atoms with Gasteiger partial charge in [0, 0.05) is 18.4 Å². The van der Waals surface area contributed by atoms with Crippen molar-refractivity contribution < 1.29 is 13.2 Å². The molecular formula is C11H15NO3S2. The van der Waals surface area contributed by atoms with Gasteiger partial charge in [-0.2, -0.15) is 0 Å². The number of carbonyl (C=O) groups excluding carboxylic acids is 1. The molecule has 1 aromatic heterocycles. The topological polar surface area (TPSA) is 64.1 Å². The summed E-state index contributed by atoms with van der Waals surface area (Å²) in [5, 5.41) is -0.349. The molecule has 0 amide bonds. The maximum Gasteiger partial charge on any atom is 0.177 e. The van der Waals surface area contributed by atoms with Crippen LogP contribution in [0.25, 0.3) is 0 Å². The second kappa shape index (κ2) is 4.86. The number of ketones is 1. The number of carbonyl (C=O) groups is 1. The smallest absolute Gasteiger partial charge is 0.177 e. The van der Waals surface area contributed by atoms with Gasteiger partial charge < -0.3 is 0 Å². The summed E-state index contributed by atoms with van der Waals surface area (Å²) in [6.07, 6.45) is 5.59. The summed E-state index contributed by atoms with van der Waals surface area (Å²) in [7, 11) is -3.03. The number of Topliss-reactive ketones (excluding diaryl/α,β-unsaturated/α-hetero) is 1. The summed E-state index contributed by atoms with van der Waals surface area (Å²) in [4.78, 5) is 16.6. The van der Waals surface area contributed by atoms with Crippen LogP contribution in [0.5, 0.6) is 0 Å². The first-order valence-electron chi connectivity index (χ1n) is 5.60. The molecule has 0 spiro atoms. The lowest BCUT2D eigenvalue weighted by Crippen LogP contribution is -2.30. The number of rotatable bonds is 3. The zero-order valence-corrected chi connectivity index (χ0v) is 11.3. The van der Waals surface area contributed by atoms with Crippen molar-refractivity contribution in [3.63, 3.8) is 0 Å². The van der Waals surface area contributed by atoms with Gasteiger partial charge in [0.1, 0.15) is 9.84 Å². The fourth-order valence-electron chi connectivity index (χ4n) is 2.31. The zero-order valence-electron chi connectivity index (χ0n) is 9.63. The van der Waals surface area contributed by atoms with Crippen LogP contribution in [0.4, 0.5) is 0 Å². The number of hydrogen-bond acceptors (Lipinski definition) is 5. The molecule has 0 saturated heterocycles. The van der Waals surface area contributed by atoms with Crippen molar-refractivity contribution in [1.82, 2.24) is 4.98 Å². The van der Waals surface area contributed by atoms with E-state index in [1.54, 1.807) is 11.7 Å². The number of hydrogen-bond donors (Lipinski definition) is 0. The van der Waals surface area contributed by atoms with Crippen molar-refractivity contribution in [2.24, 2.45) is 5.92 Å². The van der Waals surface area contributed by atoms with Gasteiger partial charge in [-0.15, -0.1) is 11.3 Å². The molecule has 0 aliphatic heterocycles. The molecular weight excluding hydrogens is 258 g/mol. The minimum atomic E-state index is -3.03. The highest BCUT2D eigenvalue weighted by Gasteiger charge is 2.33. The predicted octanol–water partition coefficient (Wildman–Crippen LogP) is 1.93. The molecule has 0 radical (unpaired) electrons. The maximum absolute atomic E-state index is 12.1. The summed E-state index contributed by atoms with van der Waals surface area (Å²) in [6.45, 7) is 0. The van der Waals surface area contributed by atoms with Crippen molar-refractivity contribution in [2.45, 2.75) is 30.9 Å². The van der Waals surface area contributed by atoms with E-state index in [2.05, 4.69) is 4.98 Å². The van der Waals surface area contributed by atoms with Gasteiger partial charge in [0.25, 0.3) is 0 Å². The standard InChI is InChI=1S/C11H15NO3S2/c1-17(14,15)9-4-2-3-8(5-9)11(13)10-6-12-7-16-10/h6-9H,2-5H2,1H3. The second-order valence-corrected chi connectivity index (χ2v) is 7.76. The van der Waals surface area contributed by atoms with E-state index in [1.807, 2.05) is 0 Å². The fraction of sp³-hybridized carbons (Fsp3) is 0.636. The summed E-state index contributed by atoms with van der Waals surface area (Å²) >= 11 is 1.32. The van der Waals surface area contributed by atoms with Gasteiger partial charge in [-0.1, -0.05) is 6.42 Å². The lowest BCUT2D eigenvalue weighted by Gasteiger charge is -2.26. The quantitative estimate of drug-likeness (QED) is 0.789. The van der Waals surface area contributed by atoms with E-state index in [0.29, 0.717) is 17.7 Å². The molecule has 1 aliphatic carbocycles. The number of nitrogens with zero attached hydrogens (tertiary/aromatic N) is 1. The van der Waals surface area contributed by atoms with Crippen molar-refractivity contribution in [1.29, 1.82) is 0 Å². The van der Waals surface area contributed by atoms with Gasteiger partial charge in [0.05, 0.1) is 15.6 Å². The predicted molar refractivity (Wildman–Crippen MR) is 67.0 cm³/mol. The molecule has 2 rings (SSSR count). The minimum absolute atomic E-state index is 0.0563. The molecule has 4 nitrogen and oxygen atoms in total. The third-order valence-corrected chi connectivity index (χ3v) is 5.70. The summed E-state index contributed by atoms with van der Waals surface area (Å²) < 4.78 is 23.0. The SMILES string of the molecule is CS(=O)(=O)C1CCCC(C(=O)c2cncs2)C1. The summed E-state index contributed by atoms with van der Waals surface area (Å²) in [6, 6.07) is 0. The first-order valence-corrected chi connectivity index (χ1v) is 8.43. The Bertz CT molecular complexity index is 493. The first kappa shape index (κ1) is 12.7. The van der Waals surface area contributed by atoms with E-state index < -0.39 is 9.84 Å². The molecule has 1 heterocycles. The van der Waals surface area contributed by atoms with Crippen LogP contribution in [0.3, 0.4) is 0 Å². The highest BCUT2D eigenvalue weighted by atomic mass is 32.2. The molecule has 1 fully saturated rings. The Morgan fingerprint density at radius 2 is 2.24 bits per heavy atom. The number of aromatic nitrogens is 1. The highest BCUT2D eigenvalue weighted by molar-refractivity contribution is 7.91. The van der Waals surface area contributed by atoms with Crippen LogP contribution in [-0.4, -0.2) is 30.7 Å². The average molecular weight is 273 g/mol. The van der Waals surface area contributed by atoms with Crippen LogP contribution in [0.1, 0.15) is 35.4 Å². The van der Waals surface area contributed by atoms with Gasteiger partial charge in [0.15, 0.2) is 5.78 Å². The van der Waals surface area contributed by atoms with Crippen molar-refractivity contribution in [3.8, 4) is 0 Å². The van der Waals surface area contributed by atoms with Crippen LogP contribution < -0.4 is 0 Å². The average Bonchev–Trinajstić information content (AvgIpc) is 2.80. The van der Waals surface area contributed by atoms with Gasteiger partial charge in [-0.25, -0.2) is 8.42 Å². The van der Waals surface area contributed by atoms with E-state index in [0.717, 1.165) is 12.8 Å². The fourth-order valence-corrected chi connectivity index (χ4v) is 4.13. The largest absolute Gasteiger partial charge is 0.293 e. The van der Waals surface area contributed by atoms with Crippen LogP contribution in [0, 0.1) is 5.92 Å². The van der Waals surface area contributed by atoms with Crippen molar-refractivity contribution >= 4 is 27.0 Å². The van der Waals surface area contributed by atoms with E-state index >= 15 is 0 Å². The van der Waals surface area contributed by atoms with Crippen LogP contribution in [0.2, 0.25) is 0 Å². The van der Waals surface area contributed by atoms with Crippen molar-refractivity contribution in [3.05, 3.63) is 16.6 Å². The Hall–Kier alpha value is -0.750. The monoisotopic (exact) mass is 273 g/mol. The Labute approximate surface area is 105 Å². The molecule has 0 N–H and O–H groups in total. The molecule has 0 bridgehead atoms. The molecule has 94 valence electrons. The summed E-state index contributed by atoms with van der Waals surface area (Å²) in [5.74, 6) is -0.0928. The molecule has 1 aliphatic rings. The first-order chi connectivity index (χ1) is 7.98. The lowest BCUT2D eigenvalue weighted by atomic mass is 9.85. The molecule has 2 unspecified atom stereocenters. The molecule has 2 atom stereocenters. The van der Waals surface area contributed by atoms with E-state index in [1.165, 1.54) is 17.6 Å². The number of sulfone groups is 1. The van der Waals surface area contributed by atoms with Gasteiger partial charge in [-0.3, -0.25) is 9.78 Å². The molecule has 0 aromatic carbocycles. The second-order valence-electron chi connectivity index (χ2n) is 4.54. The highest BCUT2D eigenvalue weighted by Crippen LogP contribution is 2.31. The third kappa shape index (κ3) is 2.93. The number of thiazole rings is 1. The molecule has 6 heteroatoms. The molecule has 1 saturated carbocycles. The lowest BCUT2D eigenvalue weighted by molar-refractivity contribution is 0.0895. The Morgan fingerprint density at radius 3 is 2.82 bits per heavy atom. The van der Waals surface area contributed by atoms with E-state index in [4.69, 9.17) is 0 Å². The summed E-state index contributed by atoms with van der Waals surface area (Å²) in [5.41, 5.74) is 1.63. The van der Waals surface area contributed by atoms with Crippen molar-refractivity contribution in [2.75, 3.05) is 6.26 Å². The zero-order chi connectivity index (χ0) is 12.5. The normalized spacial score (nSPS) is 25.7. The maximum atomic E-state index is 12.1. The van der Waals surface area contributed by atoms with Crippen LogP contribution in [0.15, 0.2) is 11.7 Å². The van der Waals surface area contributed by atoms with Gasteiger partial charge >= 0.3 is 0 Å².